The Balaban J connectivity index is 2.89. The molecule has 0 atom stereocenters. The van der Waals surface area contributed by atoms with Gasteiger partial charge >= 0.3 is 0 Å². The Bertz CT molecular complexity index is 532. The van der Waals surface area contributed by atoms with E-state index in [0.29, 0.717) is 18.8 Å². The molecule has 5 heteroatoms. The fourth-order valence-corrected chi connectivity index (χ4v) is 1.91. The van der Waals surface area contributed by atoms with Crippen molar-refractivity contribution in [1.82, 2.24) is 10.2 Å². The Kier molecular flexibility index (Phi) is 7.30. The molecule has 1 amide bonds. The summed E-state index contributed by atoms with van der Waals surface area (Å²) in [6.07, 6.45) is 0. The molecule has 21 heavy (non-hydrogen) atoms. The summed E-state index contributed by atoms with van der Waals surface area (Å²) in [7, 11) is 3.22. The topological polar surface area (TPSA) is 61.8 Å². The van der Waals surface area contributed by atoms with Gasteiger partial charge in [0.15, 0.2) is 0 Å². The molecular weight excluding hydrogens is 268 g/mol. The van der Waals surface area contributed by atoms with Gasteiger partial charge < -0.3 is 15.2 Å². The largest absolute Gasteiger partial charge is 0.495 e. The van der Waals surface area contributed by atoms with Crippen molar-refractivity contribution in [2.24, 2.45) is 0 Å². The molecule has 2 N–H and O–H groups in total. The number of rotatable bonds is 6. The van der Waals surface area contributed by atoms with Crippen molar-refractivity contribution in [1.29, 1.82) is 0 Å². The third-order valence-electron chi connectivity index (χ3n) is 3.07. The lowest BCUT2D eigenvalue weighted by Gasteiger charge is -2.19. The molecule has 0 aliphatic heterocycles. The number of amides is 1. The number of nitrogens with zero attached hydrogens (tertiary/aromatic N) is 1. The second kappa shape index (κ2) is 9.01. The number of ether oxygens (including phenoxy) is 1. The number of methoxy groups -OCH3 is 1. The molecule has 0 saturated carbocycles. The van der Waals surface area contributed by atoms with Gasteiger partial charge in [-0.05, 0) is 24.2 Å². The minimum Gasteiger partial charge on any atom is -0.495 e. The van der Waals surface area contributed by atoms with Crippen molar-refractivity contribution in [2.75, 3.05) is 33.9 Å². The molecule has 114 valence electrons. The van der Waals surface area contributed by atoms with E-state index in [-0.39, 0.29) is 12.5 Å². The molecule has 0 heterocycles. The molecule has 1 aromatic rings. The lowest BCUT2D eigenvalue weighted by atomic mass is 10.1. The SMILES string of the molecule is CCN(CC(=O)NC)Cc1ccc(OC)c(C#CCO)c1. The summed E-state index contributed by atoms with van der Waals surface area (Å²) >= 11 is 0. The lowest BCUT2D eigenvalue weighted by Crippen LogP contribution is -2.35. The van der Waals surface area contributed by atoms with E-state index in [0.717, 1.165) is 17.7 Å². The molecule has 0 aliphatic rings. The summed E-state index contributed by atoms with van der Waals surface area (Å²) < 4.78 is 5.25. The molecule has 1 rings (SSSR count). The molecule has 0 unspecified atom stereocenters. The number of carbonyl (C=O) groups is 1. The minimum absolute atomic E-state index is 0.00865. The number of aliphatic hydroxyl groups is 1. The first-order valence-corrected chi connectivity index (χ1v) is 6.84. The van der Waals surface area contributed by atoms with E-state index < -0.39 is 0 Å². The van der Waals surface area contributed by atoms with Crippen molar-refractivity contribution in [3.8, 4) is 17.6 Å². The van der Waals surface area contributed by atoms with Gasteiger partial charge in [-0.25, -0.2) is 0 Å². The van der Waals surface area contributed by atoms with Crippen molar-refractivity contribution >= 4 is 5.91 Å². The highest BCUT2D eigenvalue weighted by Gasteiger charge is 2.10. The smallest absolute Gasteiger partial charge is 0.233 e. The van der Waals surface area contributed by atoms with Gasteiger partial charge in [0, 0.05) is 13.6 Å². The van der Waals surface area contributed by atoms with Gasteiger partial charge in [-0.2, -0.15) is 0 Å². The fraction of sp³-hybridized carbons (Fsp3) is 0.438. The van der Waals surface area contributed by atoms with Crippen LogP contribution in [0.3, 0.4) is 0 Å². The number of carbonyl (C=O) groups excluding carboxylic acids is 1. The van der Waals surface area contributed by atoms with E-state index in [2.05, 4.69) is 17.2 Å². The highest BCUT2D eigenvalue weighted by Crippen LogP contribution is 2.19. The summed E-state index contributed by atoms with van der Waals surface area (Å²) in [4.78, 5) is 13.5. The van der Waals surface area contributed by atoms with Gasteiger partial charge in [0.25, 0.3) is 0 Å². The first-order valence-electron chi connectivity index (χ1n) is 6.84. The number of benzene rings is 1. The van der Waals surface area contributed by atoms with E-state index >= 15 is 0 Å². The van der Waals surface area contributed by atoms with Crippen LogP contribution in [0.25, 0.3) is 0 Å². The van der Waals surface area contributed by atoms with E-state index in [1.165, 1.54) is 0 Å². The second-order valence-electron chi connectivity index (χ2n) is 4.47. The van der Waals surface area contributed by atoms with E-state index in [1.54, 1.807) is 14.2 Å². The Labute approximate surface area is 125 Å². The van der Waals surface area contributed by atoms with Gasteiger partial charge in [-0.15, -0.1) is 0 Å². The van der Waals surface area contributed by atoms with Crippen molar-refractivity contribution < 1.29 is 14.6 Å². The molecule has 0 aliphatic carbocycles. The quantitative estimate of drug-likeness (QED) is 0.754. The number of nitrogens with one attached hydrogen (secondary N) is 1. The monoisotopic (exact) mass is 290 g/mol. The van der Waals surface area contributed by atoms with Gasteiger partial charge in [-0.1, -0.05) is 24.8 Å². The molecular formula is C16H22N2O3. The van der Waals surface area contributed by atoms with Crippen molar-refractivity contribution in [3.05, 3.63) is 29.3 Å². The Hall–Kier alpha value is -2.03. The standard InChI is InChI=1S/C16H22N2O3/c1-4-18(12-16(20)17-2)11-13-7-8-15(21-3)14(10-13)6-5-9-19/h7-8,10,19H,4,9,11-12H2,1-3H3,(H,17,20). The van der Waals surface area contributed by atoms with Gasteiger partial charge in [0.05, 0.1) is 19.2 Å². The summed E-state index contributed by atoms with van der Waals surface area (Å²) in [5.74, 6) is 6.16. The normalized spacial score (nSPS) is 9.95. The van der Waals surface area contributed by atoms with E-state index in [4.69, 9.17) is 9.84 Å². The third kappa shape index (κ3) is 5.46. The first-order chi connectivity index (χ1) is 10.1. The average Bonchev–Trinajstić information content (AvgIpc) is 2.52. The van der Waals surface area contributed by atoms with Gasteiger partial charge in [0.2, 0.25) is 5.91 Å². The highest BCUT2D eigenvalue weighted by atomic mass is 16.5. The zero-order chi connectivity index (χ0) is 15.7. The Morgan fingerprint density at radius 1 is 1.48 bits per heavy atom. The van der Waals surface area contributed by atoms with Crippen LogP contribution < -0.4 is 10.1 Å². The van der Waals surface area contributed by atoms with Crippen LogP contribution in [0.15, 0.2) is 18.2 Å². The van der Waals surface area contributed by atoms with Crippen molar-refractivity contribution in [2.45, 2.75) is 13.5 Å². The van der Waals surface area contributed by atoms with Gasteiger partial charge in [0.1, 0.15) is 12.4 Å². The summed E-state index contributed by atoms with van der Waals surface area (Å²) in [5, 5.41) is 11.4. The zero-order valence-electron chi connectivity index (χ0n) is 12.8. The van der Waals surface area contributed by atoms with Crippen LogP contribution in [-0.4, -0.2) is 49.8 Å². The Morgan fingerprint density at radius 2 is 2.24 bits per heavy atom. The maximum Gasteiger partial charge on any atom is 0.233 e. The lowest BCUT2D eigenvalue weighted by molar-refractivity contribution is -0.121. The van der Waals surface area contributed by atoms with Crippen LogP contribution in [-0.2, 0) is 11.3 Å². The second-order valence-corrected chi connectivity index (χ2v) is 4.47. The number of hydrogen-bond donors (Lipinski definition) is 2. The molecule has 0 saturated heterocycles. The van der Waals surface area contributed by atoms with E-state index in [9.17, 15) is 4.79 Å². The average molecular weight is 290 g/mol. The predicted molar refractivity (Wildman–Crippen MR) is 82.0 cm³/mol. The minimum atomic E-state index is -0.189. The van der Waals surface area contributed by atoms with Gasteiger partial charge in [-0.3, -0.25) is 9.69 Å². The molecule has 5 nitrogen and oxygen atoms in total. The highest BCUT2D eigenvalue weighted by molar-refractivity contribution is 5.77. The third-order valence-corrected chi connectivity index (χ3v) is 3.07. The predicted octanol–water partition coefficient (Wildman–Crippen LogP) is 0.607. The molecule has 0 aromatic heterocycles. The number of hydrogen-bond acceptors (Lipinski definition) is 4. The summed E-state index contributed by atoms with van der Waals surface area (Å²) in [5.41, 5.74) is 1.78. The van der Waals surface area contributed by atoms with Crippen molar-refractivity contribution in [3.63, 3.8) is 0 Å². The van der Waals surface area contributed by atoms with E-state index in [1.807, 2.05) is 30.0 Å². The van der Waals surface area contributed by atoms with Crippen LogP contribution in [0, 0.1) is 11.8 Å². The number of likely N-dealkylation sites (N-methyl/N-ethyl adjacent to an activating group) is 2. The molecule has 0 radical (unpaired) electrons. The fourth-order valence-electron chi connectivity index (χ4n) is 1.91. The first kappa shape index (κ1) is 17.0. The van der Waals surface area contributed by atoms with Crippen LogP contribution in [0.1, 0.15) is 18.1 Å². The Morgan fingerprint density at radius 3 is 2.81 bits per heavy atom. The molecule has 0 spiro atoms. The summed E-state index contributed by atoms with van der Waals surface area (Å²) in [6.45, 7) is 3.61. The van der Waals surface area contributed by atoms with Crippen LogP contribution in [0.5, 0.6) is 5.75 Å². The molecule has 0 bridgehead atoms. The molecule has 1 aromatic carbocycles. The van der Waals surface area contributed by atoms with Crippen LogP contribution in [0.2, 0.25) is 0 Å². The maximum absolute atomic E-state index is 11.5. The summed E-state index contributed by atoms with van der Waals surface area (Å²) in [6, 6.07) is 5.73. The number of aliphatic hydroxyl groups excluding tert-OH is 1. The van der Waals surface area contributed by atoms with Crippen LogP contribution >= 0.6 is 0 Å². The maximum atomic E-state index is 11.5. The molecule has 0 fully saturated rings. The van der Waals surface area contributed by atoms with Crippen LogP contribution in [0.4, 0.5) is 0 Å². The zero-order valence-corrected chi connectivity index (χ0v) is 12.8.